The largest absolute Gasteiger partial charge is 0.507 e. The van der Waals surface area contributed by atoms with Gasteiger partial charge in [0.05, 0.1) is 19.8 Å². The average molecular weight is 244 g/mol. The molecule has 2 N–H and O–H groups in total. The van der Waals surface area contributed by atoms with E-state index in [2.05, 4.69) is 0 Å². The maximum absolute atomic E-state index is 9.88. The molecule has 0 heterocycles. The van der Waals surface area contributed by atoms with Crippen molar-refractivity contribution in [1.82, 2.24) is 0 Å². The molecule has 0 atom stereocenters. The number of aliphatic hydroxyl groups is 1. The molecule has 2 aromatic carbocycles. The summed E-state index contributed by atoms with van der Waals surface area (Å²) < 4.78 is 5.34. The molecule has 3 heteroatoms. The van der Waals surface area contributed by atoms with Crippen LogP contribution in [0.15, 0.2) is 48.5 Å². The number of aromatic hydroxyl groups is 1. The van der Waals surface area contributed by atoms with Gasteiger partial charge in [-0.25, -0.2) is 0 Å². The summed E-state index contributed by atoms with van der Waals surface area (Å²) in [5.41, 5.74) is 2.74. The van der Waals surface area contributed by atoms with Crippen molar-refractivity contribution < 1.29 is 14.9 Å². The van der Waals surface area contributed by atoms with Gasteiger partial charge in [0.2, 0.25) is 0 Å². The van der Waals surface area contributed by atoms with Crippen LogP contribution in [0, 0.1) is 0 Å². The molecule has 2 aromatic rings. The molecule has 18 heavy (non-hydrogen) atoms. The third kappa shape index (κ3) is 2.88. The van der Waals surface area contributed by atoms with E-state index < -0.39 is 0 Å². The van der Waals surface area contributed by atoms with Gasteiger partial charge in [-0.3, -0.25) is 0 Å². The zero-order chi connectivity index (χ0) is 12.8. The number of rotatable bonds is 5. The highest BCUT2D eigenvalue weighted by Gasteiger charge is 2.08. The normalized spacial score (nSPS) is 10.5. The molecule has 0 aliphatic carbocycles. The molecule has 0 fully saturated rings. The maximum Gasteiger partial charge on any atom is 0.123 e. The van der Waals surface area contributed by atoms with E-state index in [1.54, 1.807) is 12.1 Å². The van der Waals surface area contributed by atoms with Crippen LogP contribution in [0.2, 0.25) is 0 Å². The van der Waals surface area contributed by atoms with Gasteiger partial charge in [0.15, 0.2) is 0 Å². The molecular weight excluding hydrogens is 228 g/mol. The Morgan fingerprint density at radius 2 is 1.56 bits per heavy atom. The van der Waals surface area contributed by atoms with Gasteiger partial charge in [0.25, 0.3) is 0 Å². The van der Waals surface area contributed by atoms with Crippen LogP contribution in [-0.2, 0) is 11.3 Å². The molecule has 2 rings (SSSR count). The topological polar surface area (TPSA) is 49.7 Å². The van der Waals surface area contributed by atoms with Crippen LogP contribution in [0.4, 0.5) is 0 Å². The second kappa shape index (κ2) is 6.19. The number of aliphatic hydroxyl groups excluding tert-OH is 1. The van der Waals surface area contributed by atoms with Crippen molar-refractivity contribution in [2.45, 2.75) is 6.61 Å². The van der Waals surface area contributed by atoms with Gasteiger partial charge < -0.3 is 14.9 Å². The Kier molecular flexibility index (Phi) is 4.34. The Bertz CT molecular complexity index is 509. The number of para-hydroxylation sites is 1. The van der Waals surface area contributed by atoms with Crippen molar-refractivity contribution >= 4 is 0 Å². The van der Waals surface area contributed by atoms with Crippen LogP contribution in [0.25, 0.3) is 11.1 Å². The van der Waals surface area contributed by atoms with E-state index in [-0.39, 0.29) is 12.4 Å². The third-order valence-electron chi connectivity index (χ3n) is 2.70. The van der Waals surface area contributed by atoms with Crippen LogP contribution in [0.1, 0.15) is 5.56 Å². The Morgan fingerprint density at radius 1 is 0.889 bits per heavy atom. The predicted molar refractivity (Wildman–Crippen MR) is 70.3 cm³/mol. The van der Waals surface area contributed by atoms with Crippen molar-refractivity contribution in [1.29, 1.82) is 0 Å². The summed E-state index contributed by atoms with van der Waals surface area (Å²) in [5.74, 6) is 0.257. The third-order valence-corrected chi connectivity index (χ3v) is 2.70. The molecular formula is C15H16O3. The molecule has 0 radical (unpaired) electrons. The summed E-state index contributed by atoms with van der Waals surface area (Å²) in [6, 6.07) is 15.0. The quantitative estimate of drug-likeness (QED) is 0.795. The van der Waals surface area contributed by atoms with Gasteiger partial charge in [-0.15, -0.1) is 0 Å². The zero-order valence-corrected chi connectivity index (χ0v) is 10.0. The van der Waals surface area contributed by atoms with E-state index in [1.165, 1.54) is 0 Å². The van der Waals surface area contributed by atoms with E-state index in [1.807, 2.05) is 36.4 Å². The van der Waals surface area contributed by atoms with E-state index >= 15 is 0 Å². The highest BCUT2D eigenvalue weighted by molar-refractivity contribution is 5.72. The molecule has 0 aromatic heterocycles. The summed E-state index contributed by atoms with van der Waals surface area (Å²) in [5, 5.41) is 18.6. The van der Waals surface area contributed by atoms with Crippen LogP contribution in [0.3, 0.4) is 0 Å². The van der Waals surface area contributed by atoms with Gasteiger partial charge in [-0.05, 0) is 17.2 Å². The van der Waals surface area contributed by atoms with Gasteiger partial charge in [0, 0.05) is 5.56 Å². The van der Waals surface area contributed by atoms with E-state index in [4.69, 9.17) is 9.84 Å². The highest BCUT2D eigenvalue weighted by atomic mass is 16.5. The summed E-state index contributed by atoms with van der Waals surface area (Å²) in [6.45, 7) is 0.749. The van der Waals surface area contributed by atoms with Gasteiger partial charge in [-0.2, -0.15) is 0 Å². The summed E-state index contributed by atoms with van der Waals surface area (Å²) in [6.07, 6.45) is 0. The number of phenols is 1. The molecule has 0 saturated heterocycles. The fourth-order valence-electron chi connectivity index (χ4n) is 1.86. The maximum atomic E-state index is 9.88. The van der Waals surface area contributed by atoms with Crippen molar-refractivity contribution in [3.63, 3.8) is 0 Å². The molecule has 0 aliphatic heterocycles. The van der Waals surface area contributed by atoms with Crippen molar-refractivity contribution in [2.75, 3.05) is 13.2 Å². The minimum absolute atomic E-state index is 0.0127. The van der Waals surface area contributed by atoms with Crippen molar-refractivity contribution in [2.24, 2.45) is 0 Å². The predicted octanol–water partition coefficient (Wildman–Crippen LogP) is 2.57. The van der Waals surface area contributed by atoms with Gasteiger partial charge in [-0.1, -0.05) is 42.5 Å². The van der Waals surface area contributed by atoms with Crippen LogP contribution in [0.5, 0.6) is 5.75 Å². The van der Waals surface area contributed by atoms with Crippen molar-refractivity contribution in [3.05, 3.63) is 54.1 Å². The Morgan fingerprint density at radius 3 is 2.28 bits per heavy atom. The SMILES string of the molecule is OCCOCc1ccccc1-c1ccccc1O. The molecule has 94 valence electrons. The molecule has 0 amide bonds. The van der Waals surface area contributed by atoms with Crippen LogP contribution < -0.4 is 0 Å². The van der Waals surface area contributed by atoms with Gasteiger partial charge >= 0.3 is 0 Å². The number of hydrogen-bond donors (Lipinski definition) is 2. The first kappa shape index (κ1) is 12.6. The molecule has 0 aliphatic rings. The molecule has 0 saturated carbocycles. The van der Waals surface area contributed by atoms with Crippen molar-refractivity contribution in [3.8, 4) is 16.9 Å². The lowest BCUT2D eigenvalue weighted by Crippen LogP contribution is -2.00. The monoisotopic (exact) mass is 244 g/mol. The minimum Gasteiger partial charge on any atom is -0.507 e. The molecule has 3 nitrogen and oxygen atoms in total. The fourth-order valence-corrected chi connectivity index (χ4v) is 1.86. The fraction of sp³-hybridized carbons (Fsp3) is 0.200. The lowest BCUT2D eigenvalue weighted by atomic mass is 9.99. The minimum atomic E-state index is 0.0127. The number of ether oxygens (including phenoxy) is 1. The van der Waals surface area contributed by atoms with Gasteiger partial charge in [0.1, 0.15) is 5.75 Å². The first-order valence-corrected chi connectivity index (χ1v) is 5.88. The van der Waals surface area contributed by atoms with E-state index in [0.717, 1.165) is 16.7 Å². The Balaban J connectivity index is 2.30. The average Bonchev–Trinajstić information content (AvgIpc) is 2.40. The van der Waals surface area contributed by atoms with Crippen LogP contribution in [-0.4, -0.2) is 23.4 Å². The summed E-state index contributed by atoms with van der Waals surface area (Å²) in [4.78, 5) is 0. The lowest BCUT2D eigenvalue weighted by molar-refractivity contribution is 0.0818. The molecule has 0 spiro atoms. The molecule has 0 unspecified atom stereocenters. The highest BCUT2D eigenvalue weighted by Crippen LogP contribution is 2.31. The summed E-state index contributed by atoms with van der Waals surface area (Å²) >= 11 is 0. The van der Waals surface area contributed by atoms with E-state index in [0.29, 0.717) is 13.2 Å². The number of benzene rings is 2. The van der Waals surface area contributed by atoms with E-state index in [9.17, 15) is 5.11 Å². The first-order valence-electron chi connectivity index (χ1n) is 5.88. The smallest absolute Gasteiger partial charge is 0.123 e. The molecule has 0 bridgehead atoms. The summed E-state index contributed by atoms with van der Waals surface area (Å²) in [7, 11) is 0. The number of hydrogen-bond acceptors (Lipinski definition) is 3. The lowest BCUT2D eigenvalue weighted by Gasteiger charge is -2.11. The standard InChI is InChI=1S/C15H16O3/c16-9-10-18-11-12-5-1-2-6-13(12)14-7-3-4-8-15(14)17/h1-8,16-17H,9-11H2. The number of phenolic OH excluding ortho intramolecular Hbond substituents is 1. The Hall–Kier alpha value is -1.84. The second-order valence-corrected chi connectivity index (χ2v) is 3.95. The zero-order valence-electron chi connectivity index (χ0n) is 10.0. The van der Waals surface area contributed by atoms with Crippen LogP contribution >= 0.6 is 0 Å². The Labute approximate surface area is 106 Å². The first-order chi connectivity index (χ1) is 8.83. The second-order valence-electron chi connectivity index (χ2n) is 3.95.